The number of nitrogens with one attached hydrogen (secondary N) is 1. The van der Waals surface area contributed by atoms with Crippen LogP contribution >= 0.6 is 11.8 Å². The zero-order chi connectivity index (χ0) is 16.7. The van der Waals surface area contributed by atoms with Crippen molar-refractivity contribution < 1.29 is 19.5 Å². The van der Waals surface area contributed by atoms with Crippen LogP contribution in [0.3, 0.4) is 0 Å². The fourth-order valence-electron chi connectivity index (χ4n) is 2.70. The van der Waals surface area contributed by atoms with E-state index in [1.165, 1.54) is 16.7 Å². The first kappa shape index (κ1) is 15.6. The van der Waals surface area contributed by atoms with Crippen LogP contribution in [-0.4, -0.2) is 45.0 Å². The summed E-state index contributed by atoms with van der Waals surface area (Å²) in [5.41, 5.74) is 2.23. The van der Waals surface area contributed by atoms with Crippen molar-refractivity contribution in [2.24, 2.45) is 0 Å². The third-order valence-electron chi connectivity index (χ3n) is 3.96. The highest BCUT2D eigenvalue weighted by atomic mass is 32.2. The van der Waals surface area contributed by atoms with Gasteiger partial charge in [0, 0.05) is 11.3 Å². The molecule has 0 aliphatic carbocycles. The maximum atomic E-state index is 12.3. The van der Waals surface area contributed by atoms with Crippen molar-refractivity contribution in [3.05, 3.63) is 46.7 Å². The maximum absolute atomic E-state index is 12.3. The summed E-state index contributed by atoms with van der Waals surface area (Å²) in [6.07, 6.45) is 0. The molecule has 1 aromatic carbocycles. The molecule has 1 saturated heterocycles. The number of carbonyl (C=O) groups excluding carboxylic acids is 2. The number of thioether (sulfide) groups is 1. The van der Waals surface area contributed by atoms with Crippen LogP contribution in [-0.2, 0) is 9.59 Å². The molecule has 120 valence electrons. The number of nitrogens with zero attached hydrogens (tertiary/aromatic N) is 1. The van der Waals surface area contributed by atoms with Crippen molar-refractivity contribution in [2.45, 2.75) is 25.3 Å². The number of rotatable bonds is 3. The fraction of sp³-hybridized carbons (Fsp3) is 0.312. The highest BCUT2D eigenvalue weighted by Crippen LogP contribution is 2.40. The lowest BCUT2D eigenvalue weighted by molar-refractivity contribution is -0.148. The molecule has 1 aromatic rings. The van der Waals surface area contributed by atoms with Gasteiger partial charge >= 0.3 is 5.97 Å². The van der Waals surface area contributed by atoms with Crippen LogP contribution < -0.4 is 5.32 Å². The fourth-order valence-corrected chi connectivity index (χ4v) is 4.00. The Kier molecular flexibility index (Phi) is 3.89. The van der Waals surface area contributed by atoms with Crippen LogP contribution in [0.1, 0.15) is 22.8 Å². The van der Waals surface area contributed by atoms with E-state index in [1.807, 2.05) is 19.1 Å². The number of hydrogen-bond donors (Lipinski definition) is 2. The summed E-state index contributed by atoms with van der Waals surface area (Å²) >= 11 is 1.46. The molecule has 2 aliphatic rings. The Morgan fingerprint density at radius 1 is 1.26 bits per heavy atom. The van der Waals surface area contributed by atoms with E-state index in [0.717, 1.165) is 5.56 Å². The third-order valence-corrected chi connectivity index (χ3v) is 5.39. The standard InChI is InChI=1S/C16H16N2O4S/c1-8-3-5-10(6-4-8)13(19)17-11-14(20)18-12(16(21)22)9(2)7-23-15(11)18/h3-6,11,15H,7H2,1-2H3,(H,17,19)(H,21,22)/t11?,15-/m0/s1. The number of β-lactam (4-membered cyclic amide) rings is 1. The van der Waals surface area contributed by atoms with Gasteiger partial charge in [-0.3, -0.25) is 14.5 Å². The number of carbonyl (C=O) groups is 3. The summed E-state index contributed by atoms with van der Waals surface area (Å²) in [6, 6.07) is 6.37. The van der Waals surface area contributed by atoms with Crippen molar-refractivity contribution in [1.82, 2.24) is 10.2 Å². The molecule has 7 heteroatoms. The molecule has 2 aliphatic heterocycles. The molecular weight excluding hydrogens is 316 g/mol. The molecule has 0 spiro atoms. The van der Waals surface area contributed by atoms with Gasteiger partial charge in [0.05, 0.1) is 0 Å². The van der Waals surface area contributed by atoms with Crippen LogP contribution in [0.15, 0.2) is 35.5 Å². The second-order valence-electron chi connectivity index (χ2n) is 5.66. The van der Waals surface area contributed by atoms with E-state index >= 15 is 0 Å². The SMILES string of the molecule is CC1=C(C(=O)O)N2C(=O)C(NC(=O)c3ccc(C)cc3)[C@@H]2SC1. The van der Waals surface area contributed by atoms with E-state index in [1.54, 1.807) is 19.1 Å². The third kappa shape index (κ3) is 2.61. The number of benzene rings is 1. The van der Waals surface area contributed by atoms with E-state index in [-0.39, 0.29) is 22.9 Å². The minimum Gasteiger partial charge on any atom is -0.477 e. The summed E-state index contributed by atoms with van der Waals surface area (Å²) in [6.45, 7) is 3.63. The molecule has 2 heterocycles. The van der Waals surface area contributed by atoms with Crippen molar-refractivity contribution in [2.75, 3.05) is 5.75 Å². The molecule has 0 bridgehead atoms. The first-order valence-electron chi connectivity index (χ1n) is 7.15. The Hall–Kier alpha value is -2.28. The average Bonchev–Trinajstić information content (AvgIpc) is 2.52. The molecule has 3 rings (SSSR count). The molecule has 1 unspecified atom stereocenters. The molecule has 0 radical (unpaired) electrons. The maximum Gasteiger partial charge on any atom is 0.352 e. The number of carboxylic acid groups (broad SMARTS) is 1. The second-order valence-corrected chi connectivity index (χ2v) is 6.77. The van der Waals surface area contributed by atoms with Gasteiger partial charge < -0.3 is 10.4 Å². The monoisotopic (exact) mass is 332 g/mol. The van der Waals surface area contributed by atoms with E-state index in [0.29, 0.717) is 16.9 Å². The molecule has 23 heavy (non-hydrogen) atoms. The molecule has 0 saturated carbocycles. The van der Waals surface area contributed by atoms with Crippen molar-refractivity contribution in [3.8, 4) is 0 Å². The Balaban J connectivity index is 1.75. The normalized spacial score (nSPS) is 23.2. The summed E-state index contributed by atoms with van der Waals surface area (Å²) in [5.74, 6) is -1.27. The topological polar surface area (TPSA) is 86.7 Å². The molecule has 1 fully saturated rings. The Morgan fingerprint density at radius 2 is 1.91 bits per heavy atom. The number of aryl methyl sites for hydroxylation is 1. The molecular formula is C16H16N2O4S. The lowest BCUT2D eigenvalue weighted by atomic mass is 10.0. The number of hydrogen-bond acceptors (Lipinski definition) is 4. The summed E-state index contributed by atoms with van der Waals surface area (Å²) in [5, 5.41) is 11.6. The summed E-state index contributed by atoms with van der Waals surface area (Å²) in [4.78, 5) is 37.1. The first-order chi connectivity index (χ1) is 10.9. The van der Waals surface area contributed by atoms with Crippen LogP contribution in [0.4, 0.5) is 0 Å². The van der Waals surface area contributed by atoms with Gasteiger partial charge in [-0.25, -0.2) is 4.79 Å². The number of fused-ring (bicyclic) bond motifs is 1. The van der Waals surface area contributed by atoms with Gasteiger partial charge in [0.15, 0.2) is 0 Å². The molecule has 6 nitrogen and oxygen atoms in total. The predicted octanol–water partition coefficient (Wildman–Crippen LogP) is 1.37. The zero-order valence-electron chi connectivity index (χ0n) is 12.7. The largest absolute Gasteiger partial charge is 0.477 e. The predicted molar refractivity (Wildman–Crippen MR) is 85.9 cm³/mol. The van der Waals surface area contributed by atoms with Crippen LogP contribution in [0.25, 0.3) is 0 Å². The van der Waals surface area contributed by atoms with Gasteiger partial charge in [0.25, 0.3) is 11.8 Å². The smallest absolute Gasteiger partial charge is 0.352 e. The summed E-state index contributed by atoms with van der Waals surface area (Å²) in [7, 11) is 0. The van der Waals surface area contributed by atoms with Gasteiger partial charge in [-0.15, -0.1) is 11.8 Å². The van der Waals surface area contributed by atoms with Gasteiger partial charge in [0.2, 0.25) is 0 Å². The van der Waals surface area contributed by atoms with E-state index in [4.69, 9.17) is 0 Å². The Morgan fingerprint density at radius 3 is 2.52 bits per heavy atom. The number of amides is 2. The first-order valence-corrected chi connectivity index (χ1v) is 8.20. The van der Waals surface area contributed by atoms with Crippen LogP contribution in [0.2, 0.25) is 0 Å². The Labute approximate surface area is 137 Å². The van der Waals surface area contributed by atoms with Gasteiger partial charge in [-0.05, 0) is 31.6 Å². The number of carboxylic acids is 1. The van der Waals surface area contributed by atoms with Crippen LogP contribution in [0, 0.1) is 6.92 Å². The zero-order valence-corrected chi connectivity index (χ0v) is 13.5. The van der Waals surface area contributed by atoms with E-state index in [2.05, 4.69) is 5.32 Å². The van der Waals surface area contributed by atoms with Crippen molar-refractivity contribution >= 4 is 29.5 Å². The molecule has 2 amide bonds. The highest BCUT2D eigenvalue weighted by Gasteiger charge is 2.53. The minimum atomic E-state index is -1.11. The second kappa shape index (κ2) is 5.73. The lowest BCUT2D eigenvalue weighted by Crippen LogP contribution is -2.70. The number of aliphatic carboxylic acids is 1. The van der Waals surface area contributed by atoms with Gasteiger partial charge in [0.1, 0.15) is 17.1 Å². The van der Waals surface area contributed by atoms with Crippen molar-refractivity contribution in [3.63, 3.8) is 0 Å². The van der Waals surface area contributed by atoms with Crippen LogP contribution in [0.5, 0.6) is 0 Å². The summed E-state index contributed by atoms with van der Waals surface area (Å²) < 4.78 is 0. The Bertz CT molecular complexity index is 726. The molecule has 2 N–H and O–H groups in total. The van der Waals surface area contributed by atoms with Crippen molar-refractivity contribution in [1.29, 1.82) is 0 Å². The highest BCUT2D eigenvalue weighted by molar-refractivity contribution is 8.00. The van der Waals surface area contributed by atoms with E-state index in [9.17, 15) is 19.5 Å². The minimum absolute atomic E-state index is 0.0413. The van der Waals surface area contributed by atoms with Gasteiger partial charge in [-0.1, -0.05) is 17.7 Å². The molecule has 0 aromatic heterocycles. The molecule has 2 atom stereocenters. The van der Waals surface area contributed by atoms with Gasteiger partial charge in [-0.2, -0.15) is 0 Å². The quantitative estimate of drug-likeness (QED) is 0.817. The lowest BCUT2D eigenvalue weighted by Gasteiger charge is -2.49. The average molecular weight is 332 g/mol. The van der Waals surface area contributed by atoms with E-state index < -0.39 is 12.0 Å².